The van der Waals surface area contributed by atoms with Gasteiger partial charge in [-0.1, -0.05) is 36.9 Å². The summed E-state index contributed by atoms with van der Waals surface area (Å²) in [5.74, 6) is 1.32. The van der Waals surface area contributed by atoms with Crippen LogP contribution in [-0.4, -0.2) is 16.1 Å². The van der Waals surface area contributed by atoms with Crippen molar-refractivity contribution in [1.82, 2.24) is 0 Å². The zero-order valence-corrected chi connectivity index (χ0v) is 12.2. The molecule has 94 valence electrons. The summed E-state index contributed by atoms with van der Waals surface area (Å²) < 4.78 is 10.8. The maximum absolute atomic E-state index is 10.8. The van der Waals surface area contributed by atoms with Crippen LogP contribution in [0.25, 0.3) is 0 Å². The fourth-order valence-corrected chi connectivity index (χ4v) is 2.79. The van der Waals surface area contributed by atoms with Gasteiger partial charge in [0.1, 0.15) is 5.75 Å². The van der Waals surface area contributed by atoms with E-state index in [9.17, 15) is 4.55 Å². The second kappa shape index (κ2) is 10.5. The highest BCUT2D eigenvalue weighted by molar-refractivity contribution is 8.72. The van der Waals surface area contributed by atoms with Gasteiger partial charge in [-0.15, -0.1) is 6.58 Å². The van der Waals surface area contributed by atoms with E-state index in [0.717, 1.165) is 5.75 Å². The molecule has 1 atom stereocenters. The summed E-state index contributed by atoms with van der Waals surface area (Å²) in [6, 6.07) is 8.36. The van der Waals surface area contributed by atoms with Crippen molar-refractivity contribution in [3.8, 4) is 0 Å². The minimum atomic E-state index is -0.793. The third kappa shape index (κ3) is 9.10. The average molecular weight is 268 g/mol. The highest BCUT2D eigenvalue weighted by Gasteiger charge is 2.01. The first-order valence-electron chi connectivity index (χ1n) is 5.37. The van der Waals surface area contributed by atoms with E-state index in [4.69, 9.17) is 0 Å². The molecule has 0 radical (unpaired) electrons. The van der Waals surface area contributed by atoms with Gasteiger partial charge in [0.25, 0.3) is 0 Å². The van der Waals surface area contributed by atoms with E-state index in [1.54, 1.807) is 12.2 Å². The third-order valence-corrected chi connectivity index (χ3v) is 4.74. The standard InChI is InChI=1S/C8H10.C6H10OS2/c1-7-5-3-4-6-8(7)2;1-3-5-8-9(7)6-4-2/h3-6H,1-2H3;3-4H,1-2,5-6H2. The number of benzene rings is 1. The quantitative estimate of drug-likeness (QED) is 0.457. The lowest BCUT2D eigenvalue weighted by Gasteiger charge is -2.02. The Morgan fingerprint density at radius 2 is 1.71 bits per heavy atom. The van der Waals surface area contributed by atoms with E-state index >= 15 is 0 Å². The Morgan fingerprint density at radius 1 is 1.18 bits per heavy atom. The van der Waals surface area contributed by atoms with Crippen molar-refractivity contribution in [2.24, 2.45) is 0 Å². The molecular formula is C14H20OS2. The molecule has 1 aromatic rings. The van der Waals surface area contributed by atoms with Crippen molar-refractivity contribution in [3.05, 3.63) is 60.7 Å². The molecule has 17 heavy (non-hydrogen) atoms. The Labute approximate surface area is 112 Å². The van der Waals surface area contributed by atoms with Crippen LogP contribution in [-0.2, 0) is 10.2 Å². The molecule has 3 heteroatoms. The normalized spacial score (nSPS) is 11.0. The lowest BCUT2D eigenvalue weighted by molar-refractivity contribution is 0.612. The Morgan fingerprint density at radius 3 is 2.06 bits per heavy atom. The molecule has 1 aromatic carbocycles. The van der Waals surface area contributed by atoms with Gasteiger partial charge in [0.05, 0.1) is 16.5 Å². The molecule has 0 N–H and O–H groups in total. The second-order valence-corrected chi connectivity index (χ2v) is 6.75. The lowest BCUT2D eigenvalue weighted by atomic mass is 10.1. The zero-order valence-electron chi connectivity index (χ0n) is 10.5. The molecule has 0 aliphatic heterocycles. The molecule has 1 unspecified atom stereocenters. The van der Waals surface area contributed by atoms with Crippen molar-refractivity contribution in [2.45, 2.75) is 13.8 Å². The summed E-state index contributed by atoms with van der Waals surface area (Å²) in [5, 5.41) is 0. The molecule has 0 aliphatic carbocycles. The summed E-state index contributed by atoms with van der Waals surface area (Å²) >= 11 is 0. The topological polar surface area (TPSA) is 23.1 Å². The van der Waals surface area contributed by atoms with E-state index < -0.39 is 10.2 Å². The van der Waals surface area contributed by atoms with E-state index in [2.05, 4.69) is 51.3 Å². The molecule has 0 saturated heterocycles. The monoisotopic (exact) mass is 268 g/mol. The second-order valence-electron chi connectivity index (χ2n) is 3.42. The number of hydrogen-bond acceptors (Lipinski definition) is 2. The first-order chi connectivity index (χ1) is 8.11. The minimum Gasteiger partial charge on any atom is -0.605 e. The molecule has 0 spiro atoms. The van der Waals surface area contributed by atoms with Crippen LogP contribution in [0.2, 0.25) is 0 Å². The van der Waals surface area contributed by atoms with E-state index in [0.29, 0.717) is 5.75 Å². The molecule has 1 nitrogen and oxygen atoms in total. The molecule has 0 fully saturated rings. The summed E-state index contributed by atoms with van der Waals surface area (Å²) in [6.07, 6.45) is 3.40. The van der Waals surface area contributed by atoms with Crippen LogP contribution in [0.4, 0.5) is 0 Å². The third-order valence-electron chi connectivity index (χ3n) is 2.00. The smallest absolute Gasteiger partial charge is 0.135 e. The van der Waals surface area contributed by atoms with E-state index in [-0.39, 0.29) is 0 Å². The van der Waals surface area contributed by atoms with E-state index in [1.807, 2.05) is 0 Å². The number of hydrogen-bond donors (Lipinski definition) is 0. The first-order valence-corrected chi connectivity index (χ1v) is 8.19. The maximum Gasteiger partial charge on any atom is 0.135 e. The average Bonchev–Trinajstić information content (AvgIpc) is 2.32. The Kier molecular flexibility index (Phi) is 10.1. The molecule has 1 rings (SSSR count). The van der Waals surface area contributed by atoms with Crippen LogP contribution < -0.4 is 0 Å². The van der Waals surface area contributed by atoms with Crippen LogP contribution in [0.1, 0.15) is 11.1 Å². The Balaban J connectivity index is 0.000000302. The van der Waals surface area contributed by atoms with Crippen molar-refractivity contribution in [1.29, 1.82) is 0 Å². The summed E-state index contributed by atoms with van der Waals surface area (Å²) in [6.45, 7) is 11.2. The molecule has 0 aromatic heterocycles. The molecule has 0 amide bonds. The van der Waals surface area contributed by atoms with Crippen molar-refractivity contribution in [2.75, 3.05) is 11.5 Å². The van der Waals surface area contributed by atoms with E-state index in [1.165, 1.54) is 21.9 Å². The van der Waals surface area contributed by atoms with Crippen LogP contribution >= 0.6 is 10.8 Å². The van der Waals surface area contributed by atoms with Crippen molar-refractivity contribution < 1.29 is 4.55 Å². The summed E-state index contributed by atoms with van der Waals surface area (Å²) in [7, 11) is 0.591. The van der Waals surface area contributed by atoms with Gasteiger partial charge in [0.2, 0.25) is 0 Å². The fraction of sp³-hybridized carbons (Fsp3) is 0.286. The number of aryl methyl sites for hydroxylation is 2. The molecular weight excluding hydrogens is 248 g/mol. The molecule has 0 saturated carbocycles. The predicted molar refractivity (Wildman–Crippen MR) is 81.8 cm³/mol. The van der Waals surface area contributed by atoms with Gasteiger partial charge < -0.3 is 4.55 Å². The minimum absolute atomic E-state index is 0.568. The van der Waals surface area contributed by atoms with Gasteiger partial charge in [-0.25, -0.2) is 0 Å². The van der Waals surface area contributed by atoms with Crippen LogP contribution in [0.15, 0.2) is 49.6 Å². The Bertz CT molecular complexity index is 316. The zero-order chi connectivity index (χ0) is 13.1. The first kappa shape index (κ1) is 16.4. The number of rotatable bonds is 5. The molecule has 0 aliphatic rings. The molecule has 0 heterocycles. The predicted octanol–water partition coefficient (Wildman–Crippen LogP) is 4.06. The highest BCUT2D eigenvalue weighted by Crippen LogP contribution is 2.12. The largest absolute Gasteiger partial charge is 0.605 e. The van der Waals surface area contributed by atoms with Crippen LogP contribution in [0.5, 0.6) is 0 Å². The van der Waals surface area contributed by atoms with Gasteiger partial charge in [0.15, 0.2) is 0 Å². The van der Waals surface area contributed by atoms with Gasteiger partial charge in [-0.3, -0.25) is 0 Å². The van der Waals surface area contributed by atoms with Crippen LogP contribution in [0, 0.1) is 13.8 Å². The lowest BCUT2D eigenvalue weighted by Crippen LogP contribution is -1.97. The van der Waals surface area contributed by atoms with Gasteiger partial charge in [-0.2, -0.15) is 0 Å². The van der Waals surface area contributed by atoms with Gasteiger partial charge >= 0.3 is 0 Å². The highest BCUT2D eigenvalue weighted by atomic mass is 33.1. The van der Waals surface area contributed by atoms with Crippen LogP contribution in [0.3, 0.4) is 0 Å². The summed E-state index contributed by atoms with van der Waals surface area (Å²) in [5.41, 5.74) is 2.74. The summed E-state index contributed by atoms with van der Waals surface area (Å²) in [4.78, 5) is 0. The maximum atomic E-state index is 10.8. The SMILES string of the molecule is C=CCS[S+]([O-])CC=C.Cc1ccccc1C. The van der Waals surface area contributed by atoms with Gasteiger partial charge in [-0.05, 0) is 31.1 Å². The fourth-order valence-electron chi connectivity index (χ4n) is 0.931. The Hall–Kier alpha value is -0.640. The van der Waals surface area contributed by atoms with Crippen molar-refractivity contribution in [3.63, 3.8) is 0 Å². The molecule has 0 bridgehead atoms. The van der Waals surface area contributed by atoms with Gasteiger partial charge in [0, 0.05) is 10.2 Å². The van der Waals surface area contributed by atoms with Crippen molar-refractivity contribution >= 4 is 21.0 Å².